The standard InChI is InChI=1S/C15H24ClN3OS/c1-3-17-14-11-12(10-13(16)19-14)15(20)18-8-6-4-5-7-9-21-2/h10-11H,3-9H2,1-2H3,(H,17,19)(H,18,20). The minimum Gasteiger partial charge on any atom is -0.370 e. The number of halogens is 1. The Morgan fingerprint density at radius 2 is 2.05 bits per heavy atom. The number of carbonyl (C=O) groups is 1. The van der Waals surface area contributed by atoms with Crippen molar-refractivity contribution < 1.29 is 4.79 Å². The van der Waals surface area contributed by atoms with Crippen LogP contribution in [-0.2, 0) is 0 Å². The third-order valence-electron chi connectivity index (χ3n) is 2.97. The highest BCUT2D eigenvalue weighted by Crippen LogP contribution is 2.14. The van der Waals surface area contributed by atoms with E-state index in [1.54, 1.807) is 12.1 Å². The molecule has 1 rings (SSSR count). The molecule has 0 atom stereocenters. The SMILES string of the molecule is CCNc1cc(C(=O)NCCCCCCSC)cc(Cl)n1. The number of pyridine rings is 1. The lowest BCUT2D eigenvalue weighted by atomic mass is 10.2. The number of carbonyl (C=O) groups excluding carboxylic acids is 1. The van der Waals surface area contributed by atoms with Crippen LogP contribution in [0.1, 0.15) is 43.0 Å². The minimum absolute atomic E-state index is 0.0948. The van der Waals surface area contributed by atoms with Crippen molar-refractivity contribution in [2.75, 3.05) is 30.4 Å². The van der Waals surface area contributed by atoms with E-state index in [1.165, 1.54) is 18.6 Å². The van der Waals surface area contributed by atoms with E-state index in [0.29, 0.717) is 23.1 Å². The molecule has 0 aliphatic rings. The first-order chi connectivity index (χ1) is 10.2. The van der Waals surface area contributed by atoms with E-state index in [2.05, 4.69) is 21.9 Å². The van der Waals surface area contributed by atoms with Crippen molar-refractivity contribution >= 4 is 35.1 Å². The number of aromatic nitrogens is 1. The van der Waals surface area contributed by atoms with Gasteiger partial charge in [-0.1, -0.05) is 24.4 Å². The molecule has 1 amide bonds. The Morgan fingerprint density at radius 3 is 2.76 bits per heavy atom. The second-order valence-corrected chi connectivity index (χ2v) is 6.13. The van der Waals surface area contributed by atoms with Crippen molar-refractivity contribution in [2.24, 2.45) is 0 Å². The molecule has 118 valence electrons. The molecular weight excluding hydrogens is 306 g/mol. The van der Waals surface area contributed by atoms with Crippen LogP contribution in [0.15, 0.2) is 12.1 Å². The number of anilines is 1. The average molecular weight is 330 g/mol. The Balaban J connectivity index is 2.34. The van der Waals surface area contributed by atoms with Gasteiger partial charge in [-0.25, -0.2) is 4.98 Å². The van der Waals surface area contributed by atoms with Crippen molar-refractivity contribution in [3.8, 4) is 0 Å². The van der Waals surface area contributed by atoms with Crippen LogP contribution in [0.25, 0.3) is 0 Å². The molecular formula is C15H24ClN3OS. The van der Waals surface area contributed by atoms with Gasteiger partial charge in [-0.15, -0.1) is 0 Å². The summed E-state index contributed by atoms with van der Waals surface area (Å²) in [6.45, 7) is 3.42. The summed E-state index contributed by atoms with van der Waals surface area (Å²) in [7, 11) is 0. The maximum atomic E-state index is 12.1. The molecule has 21 heavy (non-hydrogen) atoms. The van der Waals surface area contributed by atoms with Crippen molar-refractivity contribution in [1.82, 2.24) is 10.3 Å². The van der Waals surface area contributed by atoms with Gasteiger partial charge in [0.25, 0.3) is 5.91 Å². The molecule has 0 aromatic carbocycles. The maximum Gasteiger partial charge on any atom is 0.251 e. The molecule has 0 aliphatic heterocycles. The Bertz CT molecular complexity index is 443. The molecule has 0 saturated heterocycles. The fraction of sp³-hybridized carbons (Fsp3) is 0.600. The fourth-order valence-corrected chi connectivity index (χ4v) is 2.63. The van der Waals surface area contributed by atoms with Crippen LogP contribution >= 0.6 is 23.4 Å². The summed E-state index contributed by atoms with van der Waals surface area (Å²) in [5.74, 6) is 1.75. The molecule has 0 saturated carbocycles. The largest absolute Gasteiger partial charge is 0.370 e. The van der Waals surface area contributed by atoms with Crippen LogP contribution in [0, 0.1) is 0 Å². The van der Waals surface area contributed by atoms with Crippen LogP contribution in [0.4, 0.5) is 5.82 Å². The van der Waals surface area contributed by atoms with Crippen molar-refractivity contribution in [3.05, 3.63) is 22.8 Å². The first-order valence-electron chi connectivity index (χ1n) is 7.36. The van der Waals surface area contributed by atoms with Gasteiger partial charge in [-0.2, -0.15) is 11.8 Å². The summed E-state index contributed by atoms with van der Waals surface area (Å²) in [6.07, 6.45) is 6.77. The molecule has 1 heterocycles. The summed E-state index contributed by atoms with van der Waals surface area (Å²) in [6, 6.07) is 3.32. The normalized spacial score (nSPS) is 10.4. The molecule has 0 fully saturated rings. The number of rotatable bonds is 10. The predicted octanol–water partition coefficient (Wildman–Crippen LogP) is 3.82. The highest BCUT2D eigenvalue weighted by Gasteiger charge is 2.08. The van der Waals surface area contributed by atoms with Crippen LogP contribution < -0.4 is 10.6 Å². The van der Waals surface area contributed by atoms with Crippen LogP contribution in [-0.4, -0.2) is 36.0 Å². The molecule has 6 heteroatoms. The highest BCUT2D eigenvalue weighted by atomic mass is 35.5. The van der Waals surface area contributed by atoms with Crippen molar-refractivity contribution in [3.63, 3.8) is 0 Å². The zero-order valence-corrected chi connectivity index (χ0v) is 14.3. The van der Waals surface area contributed by atoms with Crippen LogP contribution in [0.2, 0.25) is 5.15 Å². The summed E-state index contributed by atoms with van der Waals surface area (Å²) in [4.78, 5) is 16.2. The molecule has 1 aromatic heterocycles. The van der Waals surface area contributed by atoms with E-state index in [4.69, 9.17) is 11.6 Å². The third-order valence-corrected chi connectivity index (χ3v) is 3.87. The number of nitrogens with one attached hydrogen (secondary N) is 2. The van der Waals surface area contributed by atoms with Crippen molar-refractivity contribution in [2.45, 2.75) is 32.6 Å². The monoisotopic (exact) mass is 329 g/mol. The number of thioether (sulfide) groups is 1. The smallest absolute Gasteiger partial charge is 0.251 e. The van der Waals surface area contributed by atoms with Crippen LogP contribution in [0.5, 0.6) is 0 Å². The summed E-state index contributed by atoms with van der Waals surface area (Å²) < 4.78 is 0. The molecule has 0 aliphatic carbocycles. The van der Waals surface area contributed by atoms with Crippen molar-refractivity contribution in [1.29, 1.82) is 0 Å². The van der Waals surface area contributed by atoms with Crippen LogP contribution in [0.3, 0.4) is 0 Å². The van der Waals surface area contributed by atoms with E-state index >= 15 is 0 Å². The lowest BCUT2D eigenvalue weighted by molar-refractivity contribution is 0.0953. The van der Waals surface area contributed by atoms with Gasteiger partial charge >= 0.3 is 0 Å². The first kappa shape index (κ1) is 18.1. The van der Waals surface area contributed by atoms with Gasteiger partial charge < -0.3 is 10.6 Å². The molecule has 0 unspecified atom stereocenters. The van der Waals surface area contributed by atoms with E-state index in [9.17, 15) is 4.79 Å². The number of amides is 1. The molecule has 0 spiro atoms. The second kappa shape index (κ2) is 10.7. The molecule has 4 nitrogen and oxygen atoms in total. The Morgan fingerprint density at radius 1 is 1.29 bits per heavy atom. The number of hydrogen-bond acceptors (Lipinski definition) is 4. The number of hydrogen-bond donors (Lipinski definition) is 2. The first-order valence-corrected chi connectivity index (χ1v) is 9.13. The third kappa shape index (κ3) is 7.58. The zero-order chi connectivity index (χ0) is 15.5. The maximum absolute atomic E-state index is 12.1. The number of nitrogens with zero attached hydrogens (tertiary/aromatic N) is 1. The van der Waals surface area contributed by atoms with Gasteiger partial charge in [0.1, 0.15) is 11.0 Å². The topological polar surface area (TPSA) is 54.0 Å². The summed E-state index contributed by atoms with van der Waals surface area (Å²) in [5, 5.41) is 6.32. The van der Waals surface area contributed by atoms with Gasteiger partial charge in [0.05, 0.1) is 0 Å². The van der Waals surface area contributed by atoms with Gasteiger partial charge in [0.15, 0.2) is 0 Å². The second-order valence-electron chi connectivity index (χ2n) is 4.76. The molecule has 1 aromatic rings. The number of unbranched alkanes of at least 4 members (excludes halogenated alkanes) is 3. The van der Waals surface area contributed by atoms with E-state index < -0.39 is 0 Å². The Labute approximate surface area is 136 Å². The van der Waals surface area contributed by atoms with E-state index in [-0.39, 0.29) is 5.91 Å². The van der Waals surface area contributed by atoms with E-state index in [1.807, 2.05) is 18.7 Å². The van der Waals surface area contributed by atoms with Gasteiger partial charge in [0, 0.05) is 18.7 Å². The predicted molar refractivity (Wildman–Crippen MR) is 92.6 cm³/mol. The highest BCUT2D eigenvalue weighted by molar-refractivity contribution is 7.98. The average Bonchev–Trinajstić information content (AvgIpc) is 2.46. The fourth-order valence-electron chi connectivity index (χ4n) is 1.93. The molecule has 0 radical (unpaired) electrons. The van der Waals surface area contributed by atoms with Gasteiger partial charge in [0.2, 0.25) is 0 Å². The quantitative estimate of drug-likeness (QED) is 0.506. The molecule has 2 N–H and O–H groups in total. The lowest BCUT2D eigenvalue weighted by Crippen LogP contribution is -2.24. The van der Waals surface area contributed by atoms with Gasteiger partial charge in [-0.3, -0.25) is 4.79 Å². The minimum atomic E-state index is -0.0948. The van der Waals surface area contributed by atoms with E-state index in [0.717, 1.165) is 19.4 Å². The summed E-state index contributed by atoms with van der Waals surface area (Å²) in [5.41, 5.74) is 0.549. The Kier molecular flexibility index (Phi) is 9.26. The van der Waals surface area contributed by atoms with Gasteiger partial charge in [-0.05, 0) is 43.9 Å². The zero-order valence-electron chi connectivity index (χ0n) is 12.7. The summed E-state index contributed by atoms with van der Waals surface area (Å²) >= 11 is 7.81. The molecule has 0 bridgehead atoms. The Hall–Kier alpha value is -0.940. The lowest BCUT2D eigenvalue weighted by Gasteiger charge is -2.08.